The normalized spacial score (nSPS) is 11.1. The molecule has 0 spiro atoms. The number of hydrogen-bond acceptors (Lipinski definition) is 3. The van der Waals surface area contributed by atoms with Gasteiger partial charge in [-0.05, 0) is 0 Å². The maximum absolute atomic E-state index is 5.11. The molecule has 47 heavy (non-hydrogen) atoms. The van der Waals surface area contributed by atoms with Gasteiger partial charge in [-0.15, -0.1) is 0 Å². The van der Waals surface area contributed by atoms with Crippen LogP contribution in [0.5, 0.6) is 0 Å². The fourth-order valence-corrected chi connectivity index (χ4v) is 6.74. The summed E-state index contributed by atoms with van der Waals surface area (Å²) in [6.45, 7) is 0. The van der Waals surface area contributed by atoms with Gasteiger partial charge in [0.1, 0.15) is 0 Å². The molecule has 0 aliphatic carbocycles. The van der Waals surface area contributed by atoms with E-state index in [1.54, 1.807) is 0 Å². The average Bonchev–Trinajstić information content (AvgIpc) is 3.15. The van der Waals surface area contributed by atoms with Crippen molar-refractivity contribution < 1.29 is 0 Å². The van der Waals surface area contributed by atoms with Gasteiger partial charge in [-0.25, -0.2) is 0 Å². The van der Waals surface area contributed by atoms with Gasteiger partial charge < -0.3 is 0 Å². The van der Waals surface area contributed by atoms with E-state index in [2.05, 4.69) is 149 Å². The summed E-state index contributed by atoms with van der Waals surface area (Å²) in [4.78, 5) is 15.2. The summed E-state index contributed by atoms with van der Waals surface area (Å²) < 4.78 is 1.10. The molecule has 0 fully saturated rings. The van der Waals surface area contributed by atoms with Gasteiger partial charge in [-0.1, -0.05) is 18.2 Å². The third-order valence-corrected chi connectivity index (χ3v) is 9.22. The number of aromatic nitrogens is 3. The summed E-state index contributed by atoms with van der Waals surface area (Å²) in [6.07, 6.45) is 0. The minimum absolute atomic E-state index is 0.639. The van der Waals surface area contributed by atoms with E-state index in [1.807, 2.05) is 36.4 Å². The molecule has 1 heterocycles. The zero-order valence-corrected chi connectivity index (χ0v) is 27.3. The molecule has 7 aromatic carbocycles. The van der Waals surface area contributed by atoms with Crippen molar-refractivity contribution in [2.75, 3.05) is 0 Å². The first-order valence-electron chi connectivity index (χ1n) is 15.6. The zero-order chi connectivity index (χ0) is 31.6. The van der Waals surface area contributed by atoms with Crippen molar-refractivity contribution in [2.24, 2.45) is 0 Å². The molecule has 0 radical (unpaired) electrons. The number of rotatable bonds is 6. The zero-order valence-electron chi connectivity index (χ0n) is 25.5. The van der Waals surface area contributed by atoms with E-state index in [0.717, 1.165) is 43.4 Å². The molecule has 0 amide bonds. The molecule has 3 nitrogen and oxygen atoms in total. The number of nitrogens with zero attached hydrogens (tertiary/aromatic N) is 3. The summed E-state index contributed by atoms with van der Waals surface area (Å²) in [5.41, 5.74) is 9.71. The Morgan fingerprint density at radius 1 is 0.319 bits per heavy atom. The van der Waals surface area contributed by atoms with E-state index >= 15 is 0 Å². The Kier molecular flexibility index (Phi) is 7.72. The van der Waals surface area contributed by atoms with Crippen molar-refractivity contribution in [1.29, 1.82) is 0 Å². The van der Waals surface area contributed by atoms with Crippen LogP contribution in [0.1, 0.15) is 0 Å². The van der Waals surface area contributed by atoms with E-state index in [1.165, 1.54) is 21.9 Å². The number of benzene rings is 7. The first-order chi connectivity index (χ1) is 23.2. The average molecular weight is 667 g/mol. The van der Waals surface area contributed by atoms with Crippen LogP contribution in [0.2, 0.25) is 0 Å². The first-order valence-corrected chi connectivity index (χ1v) is 16.5. The van der Waals surface area contributed by atoms with Crippen LogP contribution in [0, 0.1) is 0 Å². The van der Waals surface area contributed by atoms with Gasteiger partial charge in [0.05, 0.1) is 0 Å². The third-order valence-electron chi connectivity index (χ3n) is 8.44. The monoisotopic (exact) mass is 667 g/mol. The van der Waals surface area contributed by atoms with Crippen molar-refractivity contribution >= 4 is 31.2 Å². The van der Waals surface area contributed by atoms with Gasteiger partial charge in [-0.2, -0.15) is 0 Å². The third kappa shape index (κ3) is 5.89. The van der Waals surface area contributed by atoms with Crippen LogP contribution < -0.4 is 4.46 Å². The molecule has 222 valence electrons. The Balaban J connectivity index is 1.26. The van der Waals surface area contributed by atoms with Gasteiger partial charge in [0.2, 0.25) is 0 Å². The van der Waals surface area contributed by atoms with Crippen LogP contribution >= 0.6 is 0 Å². The second kappa shape index (κ2) is 12.6. The SMILES string of the molecule is [SeH]c1cccc(-c2nc(-c3ccccc3)nc(-c3ccc(-c4ccccc4)cc3)n2)c1-c1cccc(-c2ccc3ccccc3c2)c1. The quantitative estimate of drug-likeness (QED) is 0.166. The molecular weight excluding hydrogens is 637 g/mol. The Morgan fingerprint density at radius 2 is 0.809 bits per heavy atom. The molecule has 0 aliphatic heterocycles. The number of fused-ring (bicyclic) bond motifs is 1. The fourth-order valence-electron chi connectivity index (χ4n) is 6.04. The summed E-state index contributed by atoms with van der Waals surface area (Å²) >= 11 is 2.73. The Morgan fingerprint density at radius 3 is 1.55 bits per heavy atom. The molecule has 0 saturated carbocycles. The van der Waals surface area contributed by atoms with Crippen molar-refractivity contribution in [3.63, 3.8) is 0 Å². The van der Waals surface area contributed by atoms with Crippen LogP contribution in [0.4, 0.5) is 0 Å². The molecule has 0 bridgehead atoms. The van der Waals surface area contributed by atoms with Gasteiger partial charge in [0.15, 0.2) is 0 Å². The van der Waals surface area contributed by atoms with Crippen molar-refractivity contribution in [1.82, 2.24) is 15.0 Å². The predicted octanol–water partition coefficient (Wildman–Crippen LogP) is 9.55. The summed E-state index contributed by atoms with van der Waals surface area (Å²) in [5, 5.41) is 2.46. The second-order valence-corrected chi connectivity index (χ2v) is 12.5. The van der Waals surface area contributed by atoms with Gasteiger partial charge in [0.25, 0.3) is 0 Å². The predicted molar refractivity (Wildman–Crippen MR) is 197 cm³/mol. The summed E-state index contributed by atoms with van der Waals surface area (Å²) in [7, 11) is 0. The van der Waals surface area contributed by atoms with Gasteiger partial charge >= 0.3 is 265 Å². The molecular formula is C43H29N3Se. The standard InChI is InChI=1S/C43H29N3Se/c47-39-20-10-19-38(40(39)37-18-9-17-35(28-37)36-26-23-30-13-7-8-16-34(30)27-36)43-45-41(32-14-5-2-6-15-32)44-42(46-43)33-24-21-31(22-25-33)29-11-3-1-4-12-29/h1-28,47H. The molecule has 0 atom stereocenters. The van der Waals surface area contributed by atoms with Crippen molar-refractivity contribution in [3.8, 4) is 67.5 Å². The van der Waals surface area contributed by atoms with Crippen LogP contribution in [-0.2, 0) is 0 Å². The molecule has 4 heteroatoms. The van der Waals surface area contributed by atoms with Crippen molar-refractivity contribution in [2.45, 2.75) is 0 Å². The fraction of sp³-hybridized carbons (Fsp3) is 0. The Labute approximate surface area is 282 Å². The molecule has 8 aromatic rings. The van der Waals surface area contributed by atoms with E-state index in [-0.39, 0.29) is 0 Å². The molecule has 0 N–H and O–H groups in total. The van der Waals surface area contributed by atoms with E-state index in [9.17, 15) is 0 Å². The molecule has 1 aromatic heterocycles. The molecule has 0 unspecified atom stereocenters. The van der Waals surface area contributed by atoms with E-state index in [4.69, 9.17) is 15.0 Å². The topological polar surface area (TPSA) is 38.7 Å². The van der Waals surface area contributed by atoms with Crippen LogP contribution in [-0.4, -0.2) is 31.0 Å². The van der Waals surface area contributed by atoms with E-state index < -0.39 is 0 Å². The number of hydrogen-bond donors (Lipinski definition) is 0. The minimum atomic E-state index is 0.639. The molecule has 8 rings (SSSR count). The van der Waals surface area contributed by atoms with Gasteiger partial charge in [0, 0.05) is 0 Å². The van der Waals surface area contributed by atoms with Crippen LogP contribution in [0.15, 0.2) is 170 Å². The first kappa shape index (κ1) is 28.8. The van der Waals surface area contributed by atoms with Gasteiger partial charge in [-0.3, -0.25) is 0 Å². The second-order valence-electron chi connectivity index (χ2n) is 11.5. The van der Waals surface area contributed by atoms with Crippen LogP contribution in [0.3, 0.4) is 0 Å². The van der Waals surface area contributed by atoms with Crippen molar-refractivity contribution in [3.05, 3.63) is 170 Å². The Bertz CT molecular complexity index is 2350. The Hall–Kier alpha value is -5.67. The van der Waals surface area contributed by atoms with E-state index in [0.29, 0.717) is 17.5 Å². The summed E-state index contributed by atoms with van der Waals surface area (Å²) in [5.74, 6) is 1.92. The molecule has 0 aliphatic rings. The summed E-state index contributed by atoms with van der Waals surface area (Å²) in [6, 6.07) is 59.2. The maximum atomic E-state index is 5.11. The molecule has 0 saturated heterocycles. The van der Waals surface area contributed by atoms with Crippen LogP contribution in [0.25, 0.3) is 78.3 Å².